The molecule has 3 aromatic carbocycles. The van der Waals surface area contributed by atoms with Crippen LogP contribution >= 0.6 is 0 Å². The molecule has 0 saturated heterocycles. The average Bonchev–Trinajstić information content (AvgIpc) is 2.74. The van der Waals surface area contributed by atoms with Crippen LogP contribution in [0, 0.1) is 0 Å². The van der Waals surface area contributed by atoms with Gasteiger partial charge in [-0.3, -0.25) is 0 Å². The summed E-state index contributed by atoms with van der Waals surface area (Å²) in [5.74, 6) is 1.57. The molecule has 0 saturated carbocycles. The summed E-state index contributed by atoms with van der Waals surface area (Å²) in [5.41, 5.74) is 5.89. The van der Waals surface area contributed by atoms with Crippen LogP contribution in [0.1, 0.15) is 0 Å². The van der Waals surface area contributed by atoms with E-state index in [4.69, 9.17) is 14.5 Å². The number of benzene rings is 3. The number of anilines is 2. The minimum absolute atomic E-state index is 0.0483. The number of ether oxygens (including phenoxy) is 2. The molecule has 5 rings (SSSR count). The van der Waals surface area contributed by atoms with Gasteiger partial charge in [0.1, 0.15) is 11.5 Å². The Morgan fingerprint density at radius 1 is 0.786 bits per heavy atom. The molecule has 0 spiro atoms. The maximum absolute atomic E-state index is 9.72. The molecule has 140 valence electrons. The molecule has 0 radical (unpaired) electrons. The number of aromatic nitrogens is 1. The van der Waals surface area contributed by atoms with Crippen molar-refractivity contribution in [1.29, 1.82) is 0 Å². The Labute approximate surface area is 162 Å². The summed E-state index contributed by atoms with van der Waals surface area (Å²) in [6.45, 7) is 0.537. The van der Waals surface area contributed by atoms with Gasteiger partial charge in [-0.15, -0.1) is 0 Å². The van der Waals surface area contributed by atoms with Gasteiger partial charge in [-0.25, -0.2) is 4.98 Å². The molecule has 2 heterocycles. The Balaban J connectivity index is 2.06. The molecule has 0 aliphatic carbocycles. The fraction of sp³-hybridized carbons (Fsp3) is 0.174. The Bertz CT molecular complexity index is 1220. The van der Waals surface area contributed by atoms with E-state index in [0.717, 1.165) is 55.8 Å². The first kappa shape index (κ1) is 16.8. The molecule has 5 nitrogen and oxygen atoms in total. The van der Waals surface area contributed by atoms with Crippen LogP contribution in [0.5, 0.6) is 11.5 Å². The lowest BCUT2D eigenvalue weighted by molar-refractivity contribution is 0.305. The third-order valence-corrected chi connectivity index (χ3v) is 5.36. The van der Waals surface area contributed by atoms with Gasteiger partial charge in [0.15, 0.2) is 0 Å². The van der Waals surface area contributed by atoms with Gasteiger partial charge in [0.25, 0.3) is 0 Å². The first-order chi connectivity index (χ1) is 13.8. The van der Waals surface area contributed by atoms with Crippen LogP contribution < -0.4 is 14.4 Å². The standard InChI is InChI=1S/C23H20N2O3/c1-27-18-10-4-7-15-21(18)23-20-14(24-15)6-3-8-16(20)25(12-13-26)17-9-5-11-19(28-2)22(17)23/h3-11,26H,12-13H2,1-2H3. The summed E-state index contributed by atoms with van der Waals surface area (Å²) in [5, 5.41) is 11.7. The minimum Gasteiger partial charge on any atom is -0.496 e. The van der Waals surface area contributed by atoms with Crippen molar-refractivity contribution >= 4 is 33.2 Å². The number of hydrogen-bond acceptors (Lipinski definition) is 5. The number of fused-ring (bicyclic) bond motifs is 4. The molecule has 1 N–H and O–H groups in total. The van der Waals surface area contributed by atoms with E-state index in [9.17, 15) is 5.11 Å². The second-order valence-corrected chi connectivity index (χ2v) is 6.74. The molecule has 1 aliphatic rings. The van der Waals surface area contributed by atoms with Gasteiger partial charge in [0, 0.05) is 23.1 Å². The SMILES string of the molecule is COc1cccc2c1-c1c3c(OC)cccc3nc3cccc(c13)N2CCO. The van der Waals surface area contributed by atoms with Crippen LogP contribution in [0.15, 0.2) is 54.6 Å². The quantitative estimate of drug-likeness (QED) is 0.534. The largest absolute Gasteiger partial charge is 0.496 e. The summed E-state index contributed by atoms with van der Waals surface area (Å²) < 4.78 is 11.5. The van der Waals surface area contributed by atoms with E-state index < -0.39 is 0 Å². The van der Waals surface area contributed by atoms with Crippen molar-refractivity contribution in [3.63, 3.8) is 0 Å². The predicted octanol–water partition coefficient (Wildman–Crippen LogP) is 4.52. The molecule has 1 aromatic heterocycles. The fourth-order valence-corrected chi connectivity index (χ4v) is 4.28. The number of β-amino-alcohol motifs (C(OH)–C–C–N with tert-alkyl or cyclic N) is 1. The molecule has 28 heavy (non-hydrogen) atoms. The van der Waals surface area contributed by atoms with Crippen LogP contribution in [-0.2, 0) is 0 Å². The van der Waals surface area contributed by atoms with E-state index in [1.165, 1.54) is 0 Å². The zero-order valence-corrected chi connectivity index (χ0v) is 15.8. The van der Waals surface area contributed by atoms with E-state index >= 15 is 0 Å². The first-order valence-corrected chi connectivity index (χ1v) is 9.23. The maximum Gasteiger partial charge on any atom is 0.128 e. The van der Waals surface area contributed by atoms with Gasteiger partial charge >= 0.3 is 0 Å². The highest BCUT2D eigenvalue weighted by Crippen LogP contribution is 2.54. The van der Waals surface area contributed by atoms with Crippen molar-refractivity contribution in [2.24, 2.45) is 0 Å². The van der Waals surface area contributed by atoms with Gasteiger partial charge in [0.2, 0.25) is 0 Å². The van der Waals surface area contributed by atoms with Crippen molar-refractivity contribution in [1.82, 2.24) is 4.98 Å². The van der Waals surface area contributed by atoms with E-state index in [1.807, 2.05) is 42.5 Å². The third-order valence-electron chi connectivity index (χ3n) is 5.36. The van der Waals surface area contributed by atoms with Gasteiger partial charge in [-0.05, 0) is 36.4 Å². The van der Waals surface area contributed by atoms with Crippen LogP contribution in [0.3, 0.4) is 0 Å². The van der Waals surface area contributed by atoms with Gasteiger partial charge in [-0.1, -0.05) is 18.2 Å². The molecular formula is C23H20N2O3. The second kappa shape index (κ2) is 6.39. The van der Waals surface area contributed by atoms with Crippen molar-refractivity contribution in [3.05, 3.63) is 54.6 Å². The van der Waals surface area contributed by atoms with Gasteiger partial charge in [0.05, 0.1) is 48.6 Å². The van der Waals surface area contributed by atoms with Crippen molar-refractivity contribution in [3.8, 4) is 22.6 Å². The van der Waals surface area contributed by atoms with E-state index in [2.05, 4.69) is 17.0 Å². The van der Waals surface area contributed by atoms with Crippen LogP contribution in [0.25, 0.3) is 32.9 Å². The lowest BCUT2D eigenvalue weighted by Crippen LogP contribution is -2.24. The predicted molar refractivity (Wildman–Crippen MR) is 112 cm³/mol. The zero-order chi connectivity index (χ0) is 19.3. The molecule has 0 amide bonds. The lowest BCUT2D eigenvalue weighted by Gasteiger charge is -2.34. The minimum atomic E-state index is 0.0483. The average molecular weight is 372 g/mol. The highest BCUT2D eigenvalue weighted by molar-refractivity contribution is 6.21. The Morgan fingerprint density at radius 3 is 2.18 bits per heavy atom. The monoisotopic (exact) mass is 372 g/mol. The first-order valence-electron chi connectivity index (χ1n) is 9.23. The number of pyridine rings is 1. The second-order valence-electron chi connectivity index (χ2n) is 6.74. The summed E-state index contributed by atoms with van der Waals surface area (Å²) in [7, 11) is 3.37. The van der Waals surface area contributed by atoms with Crippen LogP contribution in [-0.4, -0.2) is 37.5 Å². The molecule has 4 aromatic rings. The Morgan fingerprint density at radius 2 is 1.43 bits per heavy atom. The summed E-state index contributed by atoms with van der Waals surface area (Å²) in [6.07, 6.45) is 0. The zero-order valence-electron chi connectivity index (χ0n) is 15.8. The molecule has 0 fully saturated rings. The fourth-order valence-electron chi connectivity index (χ4n) is 4.28. The molecule has 5 heteroatoms. The molecular weight excluding hydrogens is 352 g/mol. The van der Waals surface area contributed by atoms with Crippen LogP contribution in [0.4, 0.5) is 11.4 Å². The third kappa shape index (κ3) is 2.20. The summed E-state index contributed by atoms with van der Waals surface area (Å²) >= 11 is 0. The number of rotatable bonds is 4. The lowest BCUT2D eigenvalue weighted by atomic mass is 9.89. The summed E-state index contributed by atoms with van der Waals surface area (Å²) in [6, 6.07) is 18.1. The number of methoxy groups -OCH3 is 2. The topological polar surface area (TPSA) is 54.8 Å². The van der Waals surface area contributed by atoms with Gasteiger partial charge < -0.3 is 19.5 Å². The number of hydrogen-bond donors (Lipinski definition) is 1. The highest BCUT2D eigenvalue weighted by Gasteiger charge is 2.30. The maximum atomic E-state index is 9.72. The molecule has 0 bridgehead atoms. The Kier molecular flexibility index (Phi) is 3.84. The van der Waals surface area contributed by atoms with Crippen molar-refractivity contribution in [2.75, 3.05) is 32.3 Å². The van der Waals surface area contributed by atoms with Crippen LogP contribution in [0.2, 0.25) is 0 Å². The van der Waals surface area contributed by atoms with Crippen molar-refractivity contribution in [2.45, 2.75) is 0 Å². The number of aliphatic hydroxyl groups excluding tert-OH is 1. The Hall–Kier alpha value is -3.31. The smallest absolute Gasteiger partial charge is 0.128 e. The summed E-state index contributed by atoms with van der Waals surface area (Å²) in [4.78, 5) is 7.04. The number of nitrogens with zero attached hydrogens (tertiary/aromatic N) is 2. The van der Waals surface area contributed by atoms with E-state index in [1.54, 1.807) is 14.2 Å². The normalized spacial score (nSPS) is 12.3. The highest BCUT2D eigenvalue weighted by atomic mass is 16.5. The molecule has 1 aliphatic heterocycles. The number of aliphatic hydroxyl groups is 1. The van der Waals surface area contributed by atoms with Crippen molar-refractivity contribution < 1.29 is 14.6 Å². The van der Waals surface area contributed by atoms with Gasteiger partial charge in [-0.2, -0.15) is 0 Å². The molecule has 0 atom stereocenters. The van der Waals surface area contributed by atoms with E-state index in [0.29, 0.717) is 6.54 Å². The van der Waals surface area contributed by atoms with E-state index in [-0.39, 0.29) is 6.61 Å². The molecule has 0 unspecified atom stereocenters.